The monoisotopic (exact) mass is 809 g/mol. The molecule has 2 aliphatic carbocycles. The number of aryl methyl sites for hydroxylation is 4. The quantitative estimate of drug-likeness (QED) is 0.141. The van der Waals surface area contributed by atoms with E-state index in [-0.39, 0.29) is 0 Å². The van der Waals surface area contributed by atoms with Gasteiger partial charge in [0, 0.05) is 0 Å². The first kappa shape index (κ1) is 35.5. The van der Waals surface area contributed by atoms with E-state index >= 15 is 0 Å². The molecule has 259 valence electrons. The van der Waals surface area contributed by atoms with Gasteiger partial charge in [0.2, 0.25) is 0 Å². The van der Waals surface area contributed by atoms with Crippen LogP contribution in [0.15, 0.2) is 158 Å². The van der Waals surface area contributed by atoms with Gasteiger partial charge < -0.3 is 0 Å². The second kappa shape index (κ2) is 12.8. The molecule has 0 saturated heterocycles. The minimum absolute atomic E-state index is 0.549. The predicted molar refractivity (Wildman–Crippen MR) is 224 cm³/mol. The fraction of sp³-hybridized carbons (Fsp3) is 0.167. The second-order valence-electron chi connectivity index (χ2n) is 15.3. The fourth-order valence-corrected chi connectivity index (χ4v) is 33.2. The Labute approximate surface area is 318 Å². The standard InChI is InChI=1S/2C23H19.C2H7Si.2ClH.Zr/c2*1-17-9-3-6-12-20(17)23(21-13-7-4-10-18(21)2)16-15-19-11-5-8-14-22(19)23;1-3-2;;;/h2*3-14,16H,1-2H3;3H,1-2H3;2*1H;/q;;;;;+2/p-2. The maximum absolute atomic E-state index is 8.86. The molecule has 0 nitrogen and oxygen atoms in total. The number of hydrogen-bond acceptors (Lipinski definition) is 0. The van der Waals surface area contributed by atoms with Crippen LogP contribution in [-0.4, -0.2) is 5.92 Å². The normalized spacial score (nSPS) is 16.4. The number of fused-ring (bicyclic) bond motifs is 2. The molecule has 0 saturated carbocycles. The molecule has 0 heterocycles. The van der Waals surface area contributed by atoms with Crippen LogP contribution in [0.3, 0.4) is 0 Å². The van der Waals surface area contributed by atoms with Crippen LogP contribution in [0.1, 0.15) is 66.8 Å². The van der Waals surface area contributed by atoms with Crippen molar-refractivity contribution >= 4 is 29.5 Å². The van der Waals surface area contributed by atoms with Crippen molar-refractivity contribution in [1.29, 1.82) is 0 Å². The molecular weight excluding hydrogens is 767 g/mol. The molecular formula is C48H45Cl2SiZr. The van der Waals surface area contributed by atoms with Crippen molar-refractivity contribution in [2.24, 2.45) is 0 Å². The van der Waals surface area contributed by atoms with Crippen LogP contribution in [0.5, 0.6) is 0 Å². The average Bonchev–Trinajstić information content (AvgIpc) is 3.69. The first-order chi connectivity index (χ1) is 25.0. The Morgan fingerprint density at radius 1 is 0.385 bits per heavy atom. The third-order valence-corrected chi connectivity index (χ3v) is 60.1. The van der Waals surface area contributed by atoms with Crippen molar-refractivity contribution in [2.45, 2.75) is 51.6 Å². The molecule has 0 aromatic heterocycles. The predicted octanol–water partition coefficient (Wildman–Crippen LogP) is 13.0. The third-order valence-electron chi connectivity index (χ3n) is 12.3. The Morgan fingerprint density at radius 2 is 0.635 bits per heavy atom. The van der Waals surface area contributed by atoms with Crippen LogP contribution in [0, 0.1) is 27.7 Å². The molecule has 0 unspecified atom stereocenters. The van der Waals surface area contributed by atoms with E-state index in [2.05, 4.69) is 199 Å². The Hall–Kier alpha value is -3.52. The van der Waals surface area contributed by atoms with Gasteiger partial charge in [-0.15, -0.1) is 0 Å². The molecule has 0 bridgehead atoms. The van der Waals surface area contributed by atoms with Gasteiger partial charge in [-0.2, -0.15) is 0 Å². The van der Waals surface area contributed by atoms with E-state index in [0.717, 1.165) is 0 Å². The molecule has 0 N–H and O–H groups in total. The van der Waals surface area contributed by atoms with Crippen molar-refractivity contribution in [3.8, 4) is 0 Å². The van der Waals surface area contributed by atoms with Crippen molar-refractivity contribution in [2.75, 3.05) is 0 Å². The summed E-state index contributed by atoms with van der Waals surface area (Å²) in [7, 11) is 17.7. The molecule has 0 amide bonds. The Bertz CT molecular complexity index is 2200. The summed E-state index contributed by atoms with van der Waals surface area (Å²) in [5.74, 6) is -1.88. The van der Waals surface area contributed by atoms with E-state index in [9.17, 15) is 0 Å². The van der Waals surface area contributed by atoms with E-state index in [0.29, 0.717) is 0 Å². The molecule has 52 heavy (non-hydrogen) atoms. The van der Waals surface area contributed by atoms with Crippen LogP contribution in [0.25, 0.3) is 6.56 Å². The van der Waals surface area contributed by atoms with Crippen LogP contribution >= 0.6 is 17.0 Å². The van der Waals surface area contributed by atoms with Crippen molar-refractivity contribution in [3.63, 3.8) is 0 Å². The van der Waals surface area contributed by atoms with E-state index in [4.69, 9.17) is 17.0 Å². The summed E-state index contributed by atoms with van der Waals surface area (Å²) in [6, 6.07) is 53.4. The van der Waals surface area contributed by atoms with E-state index in [1.165, 1.54) is 73.3 Å². The molecule has 6 aromatic carbocycles. The zero-order valence-corrected chi connectivity index (χ0v) is 36.0. The van der Waals surface area contributed by atoms with Crippen molar-refractivity contribution in [3.05, 3.63) is 225 Å². The Morgan fingerprint density at radius 3 is 0.904 bits per heavy atom. The molecule has 4 heteroatoms. The van der Waals surface area contributed by atoms with Gasteiger partial charge in [-0.05, 0) is 0 Å². The topological polar surface area (TPSA) is 0 Å². The first-order valence-electron chi connectivity index (χ1n) is 18.4. The van der Waals surface area contributed by atoms with Gasteiger partial charge in [0.1, 0.15) is 0 Å². The molecule has 6 aromatic rings. The number of rotatable bonds is 7. The van der Waals surface area contributed by atoms with Gasteiger partial charge in [0.05, 0.1) is 0 Å². The summed E-state index contributed by atoms with van der Waals surface area (Å²) in [6.45, 7) is 13.8. The third kappa shape index (κ3) is 4.87. The van der Waals surface area contributed by atoms with Gasteiger partial charge in [-0.25, -0.2) is 0 Å². The Kier molecular flexibility index (Phi) is 8.75. The molecule has 0 radical (unpaired) electrons. The van der Waals surface area contributed by atoms with Crippen LogP contribution in [-0.2, 0) is 26.4 Å². The number of hydrogen-bond donors (Lipinski definition) is 0. The number of benzene rings is 6. The molecule has 2 aliphatic rings. The zero-order valence-electron chi connectivity index (χ0n) is 30.8. The molecule has 0 atom stereocenters. The summed E-state index contributed by atoms with van der Waals surface area (Å²) in [5.41, 5.74) is 13.9. The number of halogens is 2. The number of allylic oxidation sites excluding steroid dienone is 2. The molecule has 0 aliphatic heterocycles. The maximum atomic E-state index is 8.86. The van der Waals surface area contributed by atoms with Gasteiger partial charge in [-0.1, -0.05) is 0 Å². The van der Waals surface area contributed by atoms with E-state index < -0.39 is 32.3 Å². The summed E-state index contributed by atoms with van der Waals surface area (Å²) in [4.78, 5) is 0. The van der Waals surface area contributed by atoms with Crippen LogP contribution in [0.2, 0.25) is 13.1 Å². The first-order valence-corrected chi connectivity index (χ1v) is 34.4. The van der Waals surface area contributed by atoms with Gasteiger partial charge in [-0.3, -0.25) is 0 Å². The zero-order chi connectivity index (χ0) is 36.5. The summed E-state index contributed by atoms with van der Waals surface area (Å²) >= 11 is -5.30. The fourth-order valence-electron chi connectivity index (χ4n) is 9.64. The van der Waals surface area contributed by atoms with Crippen LogP contribution in [0.4, 0.5) is 0 Å². The van der Waals surface area contributed by atoms with Crippen LogP contribution < -0.4 is 0 Å². The minimum atomic E-state index is -5.30. The van der Waals surface area contributed by atoms with Crippen molar-refractivity contribution < 1.29 is 15.6 Å². The van der Waals surface area contributed by atoms with Gasteiger partial charge in [0.25, 0.3) is 0 Å². The van der Waals surface area contributed by atoms with E-state index in [1.54, 1.807) is 0 Å². The van der Waals surface area contributed by atoms with Gasteiger partial charge >= 0.3 is 321 Å². The van der Waals surface area contributed by atoms with Gasteiger partial charge in [0.15, 0.2) is 0 Å². The molecule has 0 fully saturated rings. The summed E-state index contributed by atoms with van der Waals surface area (Å²) in [5, 5.41) is 0. The Balaban J connectivity index is 1.53. The average molecular weight is 812 g/mol. The summed E-state index contributed by atoms with van der Waals surface area (Å²) in [6.07, 6.45) is 5.09. The SMILES string of the molecule is Cc1ccccc1C1(c2ccccc2C)C=[C]([Zr]([Cl])([Cl])([C]2=CC(c3ccccc3C)(c3ccccc3C)c3ccccc32)[SiH](C)C)c2ccccc21. The van der Waals surface area contributed by atoms with Crippen molar-refractivity contribution in [1.82, 2.24) is 0 Å². The molecule has 8 rings (SSSR count). The summed E-state index contributed by atoms with van der Waals surface area (Å²) < 4.78 is 2.39. The second-order valence-corrected chi connectivity index (χ2v) is 55.7. The molecule has 0 spiro atoms. The van der Waals surface area contributed by atoms with E-state index in [1.807, 2.05) is 0 Å².